The summed E-state index contributed by atoms with van der Waals surface area (Å²) in [5, 5.41) is 2.93. The van der Waals surface area contributed by atoms with Crippen molar-refractivity contribution in [1.29, 1.82) is 0 Å². The zero-order valence-corrected chi connectivity index (χ0v) is 13.1. The summed E-state index contributed by atoms with van der Waals surface area (Å²) in [6.07, 6.45) is 2.65. The van der Waals surface area contributed by atoms with Gasteiger partial charge in [-0.25, -0.2) is 0 Å². The highest BCUT2D eigenvalue weighted by molar-refractivity contribution is 7.80. The molecule has 0 aliphatic heterocycles. The van der Waals surface area contributed by atoms with Crippen molar-refractivity contribution in [2.24, 2.45) is 17.6 Å². The largest absolute Gasteiger partial charge is 0.393 e. The number of hydrogen-bond acceptors (Lipinski definition) is 2. The van der Waals surface area contributed by atoms with Crippen LogP contribution in [0.5, 0.6) is 0 Å². The Balaban J connectivity index is 2.49. The van der Waals surface area contributed by atoms with Gasteiger partial charge in [-0.05, 0) is 30.7 Å². The lowest BCUT2D eigenvalue weighted by atomic mass is 9.98. The van der Waals surface area contributed by atoms with Gasteiger partial charge in [-0.1, -0.05) is 56.4 Å². The van der Waals surface area contributed by atoms with Crippen LogP contribution in [0.1, 0.15) is 32.3 Å². The van der Waals surface area contributed by atoms with Gasteiger partial charge in [-0.15, -0.1) is 0 Å². The molecular weight excluding hydrogens is 268 g/mol. The summed E-state index contributed by atoms with van der Waals surface area (Å²) in [5.74, 6) is 0.166. The molecule has 3 N–H and O–H groups in total. The highest BCUT2D eigenvalue weighted by Gasteiger charge is 2.21. The molecule has 110 valence electrons. The van der Waals surface area contributed by atoms with Crippen LogP contribution in [0, 0.1) is 11.8 Å². The van der Waals surface area contributed by atoms with Crippen LogP contribution in [0.3, 0.4) is 0 Å². The molecule has 0 fully saturated rings. The third kappa shape index (κ3) is 6.15. The van der Waals surface area contributed by atoms with E-state index in [1.165, 1.54) is 0 Å². The van der Waals surface area contributed by atoms with Gasteiger partial charge < -0.3 is 11.1 Å². The van der Waals surface area contributed by atoms with Gasteiger partial charge >= 0.3 is 0 Å². The second-order valence-corrected chi connectivity index (χ2v) is 5.94. The molecule has 0 aromatic heterocycles. The minimum absolute atomic E-state index is 0.0647. The van der Waals surface area contributed by atoms with Gasteiger partial charge in [-0.2, -0.15) is 0 Å². The number of nitrogens with two attached hydrogens (primary N) is 1. The average Bonchev–Trinajstić information content (AvgIpc) is 2.41. The Morgan fingerprint density at radius 1 is 1.30 bits per heavy atom. The van der Waals surface area contributed by atoms with E-state index in [0.717, 1.165) is 18.4 Å². The topological polar surface area (TPSA) is 55.1 Å². The summed E-state index contributed by atoms with van der Waals surface area (Å²) in [4.78, 5) is 12.4. The molecule has 1 unspecified atom stereocenters. The number of benzene rings is 1. The first-order valence-corrected chi connectivity index (χ1v) is 7.52. The molecule has 0 bridgehead atoms. The number of nitrogens with one attached hydrogen (secondary N) is 1. The van der Waals surface area contributed by atoms with Crippen LogP contribution in [0.4, 0.5) is 0 Å². The van der Waals surface area contributed by atoms with Gasteiger partial charge in [0.1, 0.15) is 0 Å². The molecule has 0 saturated heterocycles. The molecule has 1 atom stereocenters. The highest BCUT2D eigenvalue weighted by atomic mass is 32.1. The van der Waals surface area contributed by atoms with E-state index in [0.29, 0.717) is 18.9 Å². The van der Waals surface area contributed by atoms with Gasteiger partial charge in [0.05, 0.1) is 10.9 Å². The molecular formula is C16H24N2OS. The normalized spacial score (nSPS) is 12.2. The molecule has 20 heavy (non-hydrogen) atoms. The maximum absolute atomic E-state index is 12.2. The van der Waals surface area contributed by atoms with Gasteiger partial charge in [0.2, 0.25) is 5.91 Å². The van der Waals surface area contributed by atoms with Crippen molar-refractivity contribution in [3.05, 3.63) is 35.9 Å². The number of hydrogen-bond donors (Lipinski definition) is 2. The predicted octanol–water partition coefficient (Wildman–Crippen LogP) is 2.68. The van der Waals surface area contributed by atoms with Crippen molar-refractivity contribution in [3.8, 4) is 0 Å². The number of thiocarbonyl (C=S) groups is 1. The van der Waals surface area contributed by atoms with Crippen LogP contribution in [-0.4, -0.2) is 17.4 Å². The van der Waals surface area contributed by atoms with E-state index < -0.39 is 5.92 Å². The van der Waals surface area contributed by atoms with E-state index in [-0.39, 0.29) is 10.9 Å². The first-order valence-electron chi connectivity index (χ1n) is 7.11. The summed E-state index contributed by atoms with van der Waals surface area (Å²) < 4.78 is 0. The van der Waals surface area contributed by atoms with E-state index in [1.807, 2.05) is 30.3 Å². The summed E-state index contributed by atoms with van der Waals surface area (Å²) in [5.41, 5.74) is 6.78. The minimum Gasteiger partial charge on any atom is -0.393 e. The minimum atomic E-state index is -0.425. The molecule has 1 amide bonds. The van der Waals surface area contributed by atoms with E-state index in [9.17, 15) is 4.79 Å². The number of amides is 1. The molecule has 0 saturated carbocycles. The summed E-state index contributed by atoms with van der Waals surface area (Å²) in [7, 11) is 0. The maximum Gasteiger partial charge on any atom is 0.230 e. The van der Waals surface area contributed by atoms with Crippen molar-refractivity contribution in [1.82, 2.24) is 5.32 Å². The Labute approximate surface area is 126 Å². The SMILES string of the molecule is CC(C)CCCNC(=O)C(Cc1ccccc1)C(N)=S. The molecule has 4 heteroatoms. The van der Waals surface area contributed by atoms with Crippen molar-refractivity contribution in [2.45, 2.75) is 33.1 Å². The van der Waals surface area contributed by atoms with Gasteiger partial charge in [0, 0.05) is 6.54 Å². The van der Waals surface area contributed by atoms with Crippen LogP contribution < -0.4 is 11.1 Å². The monoisotopic (exact) mass is 292 g/mol. The standard InChI is InChI=1S/C16H24N2OS/c1-12(2)7-6-10-18-16(19)14(15(17)20)11-13-8-4-3-5-9-13/h3-5,8-9,12,14H,6-7,10-11H2,1-2H3,(H2,17,20)(H,18,19). The molecule has 3 nitrogen and oxygen atoms in total. The zero-order valence-electron chi connectivity index (χ0n) is 12.3. The van der Waals surface area contributed by atoms with Crippen LogP contribution in [0.15, 0.2) is 30.3 Å². The molecule has 0 aliphatic carbocycles. The number of carbonyl (C=O) groups is 1. The zero-order chi connectivity index (χ0) is 15.0. The van der Waals surface area contributed by atoms with Crippen LogP contribution in [-0.2, 0) is 11.2 Å². The lowest BCUT2D eigenvalue weighted by molar-refractivity contribution is -0.123. The summed E-state index contributed by atoms with van der Waals surface area (Å²) in [6, 6.07) is 9.82. The summed E-state index contributed by atoms with van der Waals surface area (Å²) in [6.45, 7) is 5.04. The lowest BCUT2D eigenvalue weighted by Crippen LogP contribution is -2.39. The second kappa shape index (κ2) is 8.69. The third-order valence-corrected chi connectivity index (χ3v) is 3.48. The average molecular weight is 292 g/mol. The van der Waals surface area contributed by atoms with E-state index in [2.05, 4.69) is 19.2 Å². The van der Waals surface area contributed by atoms with Gasteiger partial charge in [0.15, 0.2) is 0 Å². The van der Waals surface area contributed by atoms with Crippen molar-refractivity contribution in [2.75, 3.05) is 6.54 Å². The molecule has 1 aromatic carbocycles. The Kier molecular flexibility index (Phi) is 7.23. The van der Waals surface area contributed by atoms with E-state index >= 15 is 0 Å². The van der Waals surface area contributed by atoms with Crippen LogP contribution in [0.2, 0.25) is 0 Å². The molecule has 0 radical (unpaired) electrons. The van der Waals surface area contributed by atoms with E-state index in [4.69, 9.17) is 18.0 Å². The Morgan fingerprint density at radius 2 is 1.95 bits per heavy atom. The Bertz CT molecular complexity index is 431. The Morgan fingerprint density at radius 3 is 2.50 bits per heavy atom. The fourth-order valence-corrected chi connectivity index (χ4v) is 2.21. The Hall–Kier alpha value is -1.42. The van der Waals surface area contributed by atoms with Gasteiger partial charge in [-0.3, -0.25) is 4.79 Å². The fraction of sp³-hybridized carbons (Fsp3) is 0.500. The molecule has 1 rings (SSSR count). The predicted molar refractivity (Wildman–Crippen MR) is 87.5 cm³/mol. The molecule has 0 spiro atoms. The first-order chi connectivity index (χ1) is 9.50. The van der Waals surface area contributed by atoms with Crippen molar-refractivity contribution >= 4 is 23.1 Å². The molecule has 0 heterocycles. The number of carbonyl (C=O) groups excluding carboxylic acids is 1. The molecule has 1 aromatic rings. The highest BCUT2D eigenvalue weighted by Crippen LogP contribution is 2.10. The maximum atomic E-state index is 12.2. The fourth-order valence-electron chi connectivity index (χ4n) is 2.02. The van der Waals surface area contributed by atoms with E-state index in [1.54, 1.807) is 0 Å². The third-order valence-electron chi connectivity index (χ3n) is 3.20. The van der Waals surface area contributed by atoms with Crippen LogP contribution >= 0.6 is 12.2 Å². The number of rotatable bonds is 8. The van der Waals surface area contributed by atoms with Crippen molar-refractivity contribution in [3.63, 3.8) is 0 Å². The van der Waals surface area contributed by atoms with Crippen molar-refractivity contribution < 1.29 is 4.79 Å². The summed E-state index contributed by atoms with van der Waals surface area (Å²) >= 11 is 5.03. The molecule has 0 aliphatic rings. The first kappa shape index (κ1) is 16.6. The second-order valence-electron chi connectivity index (χ2n) is 5.47. The lowest BCUT2D eigenvalue weighted by Gasteiger charge is -2.16. The van der Waals surface area contributed by atoms with Crippen LogP contribution in [0.25, 0.3) is 0 Å². The quantitative estimate of drug-likeness (QED) is 0.572. The van der Waals surface area contributed by atoms with Gasteiger partial charge in [0.25, 0.3) is 0 Å². The smallest absolute Gasteiger partial charge is 0.230 e.